The number of aryl methyl sites for hydroxylation is 1. The van der Waals surface area contributed by atoms with Crippen molar-refractivity contribution in [1.82, 2.24) is 14.5 Å². The van der Waals surface area contributed by atoms with Crippen LogP contribution >= 0.6 is 0 Å². The number of likely N-dealkylation sites (N-methyl/N-ethyl adjacent to an activating group) is 1. The van der Waals surface area contributed by atoms with Crippen LogP contribution in [-0.4, -0.2) is 33.0 Å². The zero-order chi connectivity index (χ0) is 18.4. The van der Waals surface area contributed by atoms with Gasteiger partial charge in [0.25, 0.3) is 5.69 Å². The van der Waals surface area contributed by atoms with Gasteiger partial charge in [-0.15, -0.1) is 0 Å². The van der Waals surface area contributed by atoms with Crippen LogP contribution in [-0.2, 0) is 13.5 Å². The molecule has 0 saturated heterocycles. The Morgan fingerprint density at radius 2 is 2.08 bits per heavy atom. The van der Waals surface area contributed by atoms with Crippen molar-refractivity contribution in [3.63, 3.8) is 0 Å². The van der Waals surface area contributed by atoms with Crippen molar-refractivity contribution in [2.45, 2.75) is 6.42 Å². The van der Waals surface area contributed by atoms with Gasteiger partial charge in [0.2, 0.25) is 0 Å². The summed E-state index contributed by atoms with van der Waals surface area (Å²) in [5.74, 6) is 0.648. The van der Waals surface area contributed by atoms with Gasteiger partial charge in [0.05, 0.1) is 4.92 Å². The highest BCUT2D eigenvalue weighted by molar-refractivity contribution is 5.93. The number of nitrogens with one attached hydrogen (secondary N) is 1. The SMILES string of the molecule is C=C1c2c(n(C)c3nc(Nc4cccc([N+](=O)[O-])c4)ccc23)CCN1C. The number of nitro groups is 1. The number of anilines is 2. The molecule has 0 saturated carbocycles. The molecule has 1 N–H and O–H groups in total. The fourth-order valence-corrected chi connectivity index (χ4v) is 3.48. The largest absolute Gasteiger partial charge is 0.374 e. The minimum absolute atomic E-state index is 0.0461. The van der Waals surface area contributed by atoms with Crippen LogP contribution in [0.4, 0.5) is 17.2 Å². The van der Waals surface area contributed by atoms with Gasteiger partial charge in [-0.2, -0.15) is 0 Å². The third-order valence-electron chi connectivity index (χ3n) is 4.92. The average molecular weight is 349 g/mol. The predicted molar refractivity (Wildman–Crippen MR) is 102 cm³/mol. The zero-order valence-electron chi connectivity index (χ0n) is 14.7. The number of hydrogen-bond donors (Lipinski definition) is 1. The molecule has 0 radical (unpaired) electrons. The maximum absolute atomic E-state index is 10.9. The molecule has 26 heavy (non-hydrogen) atoms. The number of nitrogens with zero attached hydrogens (tertiary/aromatic N) is 4. The summed E-state index contributed by atoms with van der Waals surface area (Å²) < 4.78 is 2.11. The summed E-state index contributed by atoms with van der Waals surface area (Å²) in [5, 5.41) is 15.2. The molecule has 7 heteroatoms. The van der Waals surface area contributed by atoms with Gasteiger partial charge in [-0.3, -0.25) is 10.1 Å². The van der Waals surface area contributed by atoms with E-state index >= 15 is 0 Å². The van der Waals surface area contributed by atoms with Crippen LogP contribution in [0.15, 0.2) is 43.0 Å². The molecule has 0 bridgehead atoms. The molecule has 0 spiro atoms. The molecule has 7 nitrogen and oxygen atoms in total. The second-order valence-electron chi connectivity index (χ2n) is 6.50. The molecule has 0 fully saturated rings. The Labute approximate surface area is 150 Å². The normalized spacial score (nSPS) is 13.8. The molecule has 1 aliphatic heterocycles. The highest BCUT2D eigenvalue weighted by atomic mass is 16.6. The number of benzene rings is 1. The minimum atomic E-state index is -0.408. The van der Waals surface area contributed by atoms with Crippen LogP contribution in [0.5, 0.6) is 0 Å². The van der Waals surface area contributed by atoms with Gasteiger partial charge < -0.3 is 14.8 Å². The van der Waals surface area contributed by atoms with Crippen LogP contribution in [0.25, 0.3) is 16.7 Å². The minimum Gasteiger partial charge on any atom is -0.374 e. The van der Waals surface area contributed by atoms with Gasteiger partial charge in [0.1, 0.15) is 11.5 Å². The van der Waals surface area contributed by atoms with Crippen molar-refractivity contribution in [1.29, 1.82) is 0 Å². The van der Waals surface area contributed by atoms with Crippen molar-refractivity contribution in [2.75, 3.05) is 18.9 Å². The zero-order valence-corrected chi connectivity index (χ0v) is 14.7. The molecule has 0 amide bonds. The Morgan fingerprint density at radius 3 is 2.85 bits per heavy atom. The van der Waals surface area contributed by atoms with Gasteiger partial charge in [-0.25, -0.2) is 4.98 Å². The van der Waals surface area contributed by atoms with Crippen molar-refractivity contribution in [2.24, 2.45) is 7.05 Å². The Hall–Kier alpha value is -3.35. The van der Waals surface area contributed by atoms with Gasteiger partial charge >= 0.3 is 0 Å². The maximum atomic E-state index is 10.9. The average Bonchev–Trinajstić information content (AvgIpc) is 2.91. The van der Waals surface area contributed by atoms with Crippen LogP contribution in [0, 0.1) is 10.1 Å². The summed E-state index contributed by atoms with van der Waals surface area (Å²) in [6.07, 6.45) is 0.950. The van der Waals surface area contributed by atoms with E-state index in [2.05, 4.69) is 28.4 Å². The third-order valence-corrected chi connectivity index (χ3v) is 4.92. The second-order valence-corrected chi connectivity index (χ2v) is 6.50. The summed E-state index contributed by atoms with van der Waals surface area (Å²) in [5.41, 5.74) is 4.97. The van der Waals surface area contributed by atoms with Gasteiger partial charge in [0.15, 0.2) is 0 Å². The van der Waals surface area contributed by atoms with Crippen LogP contribution in [0.1, 0.15) is 11.3 Å². The van der Waals surface area contributed by atoms with E-state index in [0.29, 0.717) is 11.5 Å². The number of pyridine rings is 1. The first-order valence-corrected chi connectivity index (χ1v) is 8.36. The van der Waals surface area contributed by atoms with E-state index in [1.807, 2.05) is 19.2 Å². The van der Waals surface area contributed by atoms with Crippen molar-refractivity contribution >= 4 is 33.9 Å². The van der Waals surface area contributed by atoms with E-state index in [1.165, 1.54) is 17.8 Å². The lowest BCUT2D eigenvalue weighted by Crippen LogP contribution is -2.25. The predicted octanol–water partition coefficient (Wildman–Crippen LogP) is 3.68. The number of hydrogen-bond acceptors (Lipinski definition) is 5. The monoisotopic (exact) mass is 349 g/mol. The first-order chi connectivity index (χ1) is 12.5. The number of fused-ring (bicyclic) bond motifs is 3. The highest BCUT2D eigenvalue weighted by Crippen LogP contribution is 2.35. The van der Waals surface area contributed by atoms with E-state index < -0.39 is 4.92 Å². The van der Waals surface area contributed by atoms with Gasteiger partial charge in [0, 0.05) is 67.2 Å². The van der Waals surface area contributed by atoms with Crippen LogP contribution in [0.3, 0.4) is 0 Å². The topological polar surface area (TPSA) is 76.2 Å². The van der Waals surface area contributed by atoms with E-state index in [0.717, 1.165) is 35.3 Å². The van der Waals surface area contributed by atoms with E-state index in [9.17, 15) is 10.1 Å². The number of aromatic nitrogens is 2. The molecule has 2 aromatic heterocycles. The standard InChI is InChI=1S/C19H19N5O2/c1-12-18-15-7-8-17(20-13-5-4-6-14(11-13)24(25)26)21-19(15)23(3)16(18)9-10-22(12)2/h4-8,11H,1,9-10H2,2-3H3,(H,20,21). The fourth-order valence-electron chi connectivity index (χ4n) is 3.48. The van der Waals surface area contributed by atoms with Gasteiger partial charge in [-0.1, -0.05) is 12.6 Å². The lowest BCUT2D eigenvalue weighted by Gasteiger charge is -2.27. The number of non-ortho nitro benzene ring substituents is 1. The molecule has 4 rings (SSSR count). The van der Waals surface area contributed by atoms with Crippen molar-refractivity contribution in [3.05, 3.63) is 64.3 Å². The van der Waals surface area contributed by atoms with Gasteiger partial charge in [-0.05, 0) is 18.2 Å². The Bertz CT molecular complexity index is 1050. The Morgan fingerprint density at radius 1 is 1.27 bits per heavy atom. The lowest BCUT2D eigenvalue weighted by molar-refractivity contribution is -0.384. The fraction of sp³-hybridized carbons (Fsp3) is 0.211. The molecule has 3 heterocycles. The number of nitro benzene ring substituents is 1. The lowest BCUT2D eigenvalue weighted by atomic mass is 10.0. The van der Waals surface area contributed by atoms with E-state index in [-0.39, 0.29) is 5.69 Å². The summed E-state index contributed by atoms with van der Waals surface area (Å²) in [6.45, 7) is 5.16. The maximum Gasteiger partial charge on any atom is 0.271 e. The van der Waals surface area contributed by atoms with E-state index in [4.69, 9.17) is 4.98 Å². The number of rotatable bonds is 3. The van der Waals surface area contributed by atoms with Crippen LogP contribution in [0.2, 0.25) is 0 Å². The molecule has 3 aromatic rings. The highest BCUT2D eigenvalue weighted by Gasteiger charge is 2.24. The molecule has 132 valence electrons. The molecule has 0 aliphatic carbocycles. The molecule has 1 aliphatic rings. The second kappa shape index (κ2) is 5.87. The van der Waals surface area contributed by atoms with Crippen LogP contribution < -0.4 is 5.32 Å². The molecule has 1 aromatic carbocycles. The molecule has 0 atom stereocenters. The molecule has 0 unspecified atom stereocenters. The van der Waals surface area contributed by atoms with Crippen molar-refractivity contribution < 1.29 is 4.92 Å². The molecular weight excluding hydrogens is 330 g/mol. The third kappa shape index (κ3) is 2.48. The summed E-state index contributed by atoms with van der Waals surface area (Å²) in [6, 6.07) is 10.3. The summed E-state index contributed by atoms with van der Waals surface area (Å²) >= 11 is 0. The quantitative estimate of drug-likeness (QED) is 0.576. The first-order valence-electron chi connectivity index (χ1n) is 8.36. The Kier molecular flexibility index (Phi) is 3.64. The summed E-state index contributed by atoms with van der Waals surface area (Å²) in [7, 11) is 4.07. The van der Waals surface area contributed by atoms with Crippen molar-refractivity contribution in [3.8, 4) is 0 Å². The summed E-state index contributed by atoms with van der Waals surface area (Å²) in [4.78, 5) is 17.4. The molecular formula is C19H19N5O2. The smallest absolute Gasteiger partial charge is 0.271 e. The Balaban J connectivity index is 1.75. The van der Waals surface area contributed by atoms with E-state index in [1.54, 1.807) is 12.1 Å². The first kappa shape index (κ1) is 16.1.